The van der Waals surface area contributed by atoms with Gasteiger partial charge in [0.15, 0.2) is 0 Å². The second-order valence-electron chi connectivity index (χ2n) is 12.2. The minimum absolute atomic E-state index is 0.144. The van der Waals surface area contributed by atoms with Gasteiger partial charge < -0.3 is 13.7 Å². The molecule has 0 aliphatic carbocycles. The quantitative estimate of drug-likeness (QED) is 0.189. The van der Waals surface area contributed by atoms with Crippen LogP contribution in [0.3, 0.4) is 0 Å². The molecule has 0 unspecified atom stereocenters. The van der Waals surface area contributed by atoms with Crippen molar-refractivity contribution in [2.24, 2.45) is 0 Å². The highest BCUT2D eigenvalue weighted by molar-refractivity contribution is 6.10. The largest absolute Gasteiger partial charge is 0.456 e. The van der Waals surface area contributed by atoms with Crippen LogP contribution in [0.4, 0.5) is 17.1 Å². The fraction of sp³-hybridized carbons (Fsp3) is 0. The standard InChI is InChI=1S/C46H29NO2/c1-2-11-36-31(9-1)10-7-16-42(36)47(34-24-19-30(20-25-34)33-23-28-40-38-12-3-5-17-43(38)48-45(40)29-33)35-26-21-32(22-27-35)37-14-8-15-41-39-13-4-6-18-44(39)49-46(37)41/h1-29H/i21D,22D,26D,27D. The van der Waals surface area contributed by atoms with Crippen molar-refractivity contribution in [3.05, 3.63) is 176 Å². The number of rotatable bonds is 5. The van der Waals surface area contributed by atoms with Crippen LogP contribution in [0, 0.1) is 0 Å². The van der Waals surface area contributed by atoms with Gasteiger partial charge in [-0.05, 0) is 76.6 Å². The topological polar surface area (TPSA) is 29.5 Å². The van der Waals surface area contributed by atoms with E-state index in [-0.39, 0.29) is 35.4 Å². The maximum absolute atomic E-state index is 9.50. The third-order valence-corrected chi connectivity index (χ3v) is 9.35. The van der Waals surface area contributed by atoms with Gasteiger partial charge in [-0.1, -0.05) is 121 Å². The minimum atomic E-state index is -0.151. The van der Waals surface area contributed by atoms with Crippen molar-refractivity contribution in [1.82, 2.24) is 0 Å². The number of para-hydroxylation sites is 3. The zero-order chi connectivity index (χ0) is 35.8. The monoisotopic (exact) mass is 631 g/mol. The molecule has 0 aliphatic rings. The first kappa shape index (κ1) is 23.7. The molecule has 49 heavy (non-hydrogen) atoms. The lowest BCUT2D eigenvalue weighted by Crippen LogP contribution is -2.10. The van der Waals surface area contributed by atoms with Crippen LogP contribution in [0.2, 0.25) is 0 Å². The van der Waals surface area contributed by atoms with Gasteiger partial charge in [0.05, 0.1) is 11.2 Å². The molecule has 0 atom stereocenters. The second kappa shape index (κ2) is 11.0. The van der Waals surface area contributed by atoms with Crippen LogP contribution in [0.15, 0.2) is 185 Å². The molecular formula is C46H29NO2. The van der Waals surface area contributed by atoms with E-state index in [2.05, 4.69) is 24.3 Å². The summed E-state index contributed by atoms with van der Waals surface area (Å²) in [6.45, 7) is 0. The molecule has 0 saturated carbocycles. The van der Waals surface area contributed by atoms with Gasteiger partial charge in [-0.3, -0.25) is 0 Å². The Hall–Kier alpha value is -6.58. The summed E-state index contributed by atoms with van der Waals surface area (Å²) in [4.78, 5) is 1.85. The van der Waals surface area contributed by atoms with Gasteiger partial charge in [-0.2, -0.15) is 0 Å². The third kappa shape index (κ3) is 4.51. The van der Waals surface area contributed by atoms with E-state index >= 15 is 0 Å². The zero-order valence-corrected chi connectivity index (χ0v) is 26.2. The molecule has 2 aromatic heterocycles. The zero-order valence-electron chi connectivity index (χ0n) is 30.2. The van der Waals surface area contributed by atoms with E-state index in [1.165, 1.54) is 0 Å². The lowest BCUT2D eigenvalue weighted by molar-refractivity contribution is 0.669. The Bertz CT molecular complexity index is 3040. The lowest BCUT2D eigenvalue weighted by Gasteiger charge is -2.27. The summed E-state index contributed by atoms with van der Waals surface area (Å²) in [5.41, 5.74) is 7.18. The molecule has 0 fully saturated rings. The SMILES string of the molecule is [2H]c1c([2H])c(N(c2ccc(-c3ccc4c(c3)oc3ccccc34)cc2)c2cccc3ccccc23)c([2H])c([2H])c1-c1cccc2c1oc1ccccc12. The van der Waals surface area contributed by atoms with Gasteiger partial charge in [-0.15, -0.1) is 0 Å². The molecule has 3 nitrogen and oxygen atoms in total. The maximum atomic E-state index is 9.50. The van der Waals surface area contributed by atoms with Gasteiger partial charge in [0, 0.05) is 43.9 Å². The van der Waals surface area contributed by atoms with Crippen molar-refractivity contribution in [3.63, 3.8) is 0 Å². The van der Waals surface area contributed by atoms with Crippen molar-refractivity contribution in [1.29, 1.82) is 0 Å². The molecule has 0 radical (unpaired) electrons. The normalized spacial score (nSPS) is 12.8. The third-order valence-electron chi connectivity index (χ3n) is 9.35. The molecule has 0 spiro atoms. The fourth-order valence-corrected chi connectivity index (χ4v) is 7.00. The Morgan fingerprint density at radius 2 is 1.02 bits per heavy atom. The van der Waals surface area contributed by atoms with E-state index in [9.17, 15) is 5.48 Å². The molecule has 8 aromatic carbocycles. The van der Waals surface area contributed by atoms with Gasteiger partial charge in [0.1, 0.15) is 22.3 Å². The van der Waals surface area contributed by atoms with E-state index in [1.54, 1.807) is 6.07 Å². The van der Waals surface area contributed by atoms with E-state index in [4.69, 9.17) is 8.83 Å². The van der Waals surface area contributed by atoms with E-state index < -0.39 is 0 Å². The Balaban J connectivity index is 1.15. The summed E-state index contributed by atoms with van der Waals surface area (Å²) in [6, 6.07) is 48.9. The van der Waals surface area contributed by atoms with Gasteiger partial charge in [0.2, 0.25) is 0 Å². The number of benzene rings is 8. The summed E-state index contributed by atoms with van der Waals surface area (Å²) in [5.74, 6) is 0. The van der Waals surface area contributed by atoms with Crippen LogP contribution in [0.1, 0.15) is 5.48 Å². The second-order valence-corrected chi connectivity index (χ2v) is 12.2. The molecule has 10 aromatic rings. The number of anilines is 3. The molecule has 0 N–H and O–H groups in total. The first-order chi connectivity index (χ1) is 26.0. The fourth-order valence-electron chi connectivity index (χ4n) is 7.00. The Labute approximate surface area is 288 Å². The first-order valence-corrected chi connectivity index (χ1v) is 16.3. The Morgan fingerprint density at radius 1 is 0.408 bits per heavy atom. The highest BCUT2D eigenvalue weighted by Crippen LogP contribution is 2.42. The molecule has 230 valence electrons. The Kier molecular flexibility index (Phi) is 5.32. The van der Waals surface area contributed by atoms with Crippen molar-refractivity contribution in [2.45, 2.75) is 0 Å². The smallest absolute Gasteiger partial charge is 0.143 e. The van der Waals surface area contributed by atoms with E-state index in [1.807, 2.05) is 126 Å². The molecular weight excluding hydrogens is 599 g/mol. The van der Waals surface area contributed by atoms with Crippen LogP contribution in [-0.4, -0.2) is 0 Å². The van der Waals surface area contributed by atoms with Crippen molar-refractivity contribution < 1.29 is 14.3 Å². The van der Waals surface area contributed by atoms with Crippen LogP contribution in [0.25, 0.3) is 76.9 Å². The Morgan fingerprint density at radius 3 is 1.84 bits per heavy atom. The van der Waals surface area contributed by atoms with Gasteiger partial charge >= 0.3 is 0 Å². The number of furan rings is 2. The molecule has 10 rings (SSSR count). The number of hydrogen-bond donors (Lipinski definition) is 0. The molecule has 0 bridgehead atoms. The molecule has 0 amide bonds. The predicted molar refractivity (Wildman–Crippen MR) is 204 cm³/mol. The number of nitrogens with zero attached hydrogens (tertiary/aromatic N) is 1. The summed E-state index contributed by atoms with van der Waals surface area (Å²) >= 11 is 0. The average Bonchev–Trinajstić information content (AvgIpc) is 3.77. The number of hydrogen-bond acceptors (Lipinski definition) is 3. The van der Waals surface area contributed by atoms with Gasteiger partial charge in [-0.25, -0.2) is 0 Å². The van der Waals surface area contributed by atoms with E-state index in [0.29, 0.717) is 22.4 Å². The van der Waals surface area contributed by atoms with Crippen LogP contribution in [-0.2, 0) is 0 Å². The minimum Gasteiger partial charge on any atom is -0.456 e. The number of fused-ring (bicyclic) bond motifs is 7. The molecule has 0 aliphatic heterocycles. The van der Waals surface area contributed by atoms with Crippen molar-refractivity contribution in [2.75, 3.05) is 4.90 Å². The van der Waals surface area contributed by atoms with Crippen molar-refractivity contribution >= 4 is 71.7 Å². The first-order valence-electron chi connectivity index (χ1n) is 18.3. The average molecular weight is 632 g/mol. The highest BCUT2D eigenvalue weighted by Gasteiger charge is 2.17. The van der Waals surface area contributed by atoms with Crippen LogP contribution < -0.4 is 4.90 Å². The van der Waals surface area contributed by atoms with Gasteiger partial charge in [0.25, 0.3) is 0 Å². The van der Waals surface area contributed by atoms with E-state index in [0.717, 1.165) is 60.3 Å². The summed E-state index contributed by atoms with van der Waals surface area (Å²) < 4.78 is 50.2. The van der Waals surface area contributed by atoms with Crippen molar-refractivity contribution in [3.8, 4) is 22.3 Å². The summed E-state index contributed by atoms with van der Waals surface area (Å²) in [5, 5.41) is 5.84. The predicted octanol–water partition coefficient (Wildman–Crippen LogP) is 13.4. The molecule has 2 heterocycles. The highest BCUT2D eigenvalue weighted by atomic mass is 16.3. The summed E-state index contributed by atoms with van der Waals surface area (Å²) in [6.07, 6.45) is 0. The molecule has 0 saturated heterocycles. The van der Waals surface area contributed by atoms with Crippen LogP contribution in [0.5, 0.6) is 0 Å². The lowest BCUT2D eigenvalue weighted by atomic mass is 10.0. The maximum Gasteiger partial charge on any atom is 0.143 e. The summed E-state index contributed by atoms with van der Waals surface area (Å²) in [7, 11) is 0. The van der Waals surface area contributed by atoms with Crippen LogP contribution >= 0.6 is 0 Å². The molecule has 3 heteroatoms.